The van der Waals surface area contributed by atoms with Crippen molar-refractivity contribution < 1.29 is 4.92 Å². The third-order valence-electron chi connectivity index (χ3n) is 2.93. The molecule has 6 nitrogen and oxygen atoms in total. The van der Waals surface area contributed by atoms with Crippen molar-refractivity contribution in [2.45, 2.75) is 12.8 Å². The van der Waals surface area contributed by atoms with Gasteiger partial charge in [0.15, 0.2) is 0 Å². The minimum Gasteiger partial charge on any atom is -0.384 e. The quantitative estimate of drug-likeness (QED) is 0.358. The number of nitrogens with zero attached hydrogens (tertiary/aromatic N) is 2. The van der Waals surface area contributed by atoms with E-state index < -0.39 is 4.92 Å². The van der Waals surface area contributed by atoms with Crippen LogP contribution in [-0.2, 0) is 0 Å². The molecule has 0 saturated carbocycles. The smallest absolute Gasteiger partial charge is 0.293 e. The zero-order valence-corrected chi connectivity index (χ0v) is 9.35. The Bertz CT molecular complexity index is 467. The minimum absolute atomic E-state index is 0.0274. The van der Waals surface area contributed by atoms with Crippen molar-refractivity contribution in [2.24, 2.45) is 5.73 Å². The summed E-state index contributed by atoms with van der Waals surface area (Å²) < 4.78 is 0. The van der Waals surface area contributed by atoms with Crippen LogP contribution in [-0.4, -0.2) is 23.8 Å². The standard InChI is InChI=1S/C11H14N4O2/c12-11(13)8-3-4-9(10(7-8)15(16)17)14-5-1-2-6-14/h3-4,7H,1-2,5-6H2,(H3,12,13). The predicted molar refractivity (Wildman–Crippen MR) is 65.6 cm³/mol. The SMILES string of the molecule is N=C(N)c1ccc(N2CCCC2)c([N+](=O)[O-])c1. The van der Waals surface area contributed by atoms with Gasteiger partial charge in [0.2, 0.25) is 0 Å². The van der Waals surface area contributed by atoms with E-state index in [0.29, 0.717) is 11.3 Å². The van der Waals surface area contributed by atoms with Gasteiger partial charge in [-0.25, -0.2) is 0 Å². The van der Waals surface area contributed by atoms with Crippen molar-refractivity contribution >= 4 is 17.2 Å². The molecule has 0 atom stereocenters. The highest BCUT2D eigenvalue weighted by molar-refractivity contribution is 5.96. The van der Waals surface area contributed by atoms with Gasteiger partial charge in [0, 0.05) is 24.7 Å². The molecule has 6 heteroatoms. The van der Waals surface area contributed by atoms with Gasteiger partial charge >= 0.3 is 0 Å². The van der Waals surface area contributed by atoms with Crippen molar-refractivity contribution in [3.05, 3.63) is 33.9 Å². The van der Waals surface area contributed by atoms with Gasteiger partial charge in [-0.15, -0.1) is 0 Å². The average Bonchev–Trinajstić information content (AvgIpc) is 2.81. The highest BCUT2D eigenvalue weighted by atomic mass is 16.6. The van der Waals surface area contributed by atoms with Crippen LogP contribution < -0.4 is 10.6 Å². The first-order valence-electron chi connectivity index (χ1n) is 5.47. The average molecular weight is 234 g/mol. The second kappa shape index (κ2) is 4.40. The number of nitrogens with two attached hydrogens (primary N) is 1. The number of amidine groups is 1. The van der Waals surface area contributed by atoms with Crippen molar-refractivity contribution in [1.29, 1.82) is 5.41 Å². The molecule has 1 aromatic rings. The van der Waals surface area contributed by atoms with Crippen LogP contribution in [0.2, 0.25) is 0 Å². The molecule has 0 spiro atoms. The second-order valence-corrected chi connectivity index (χ2v) is 4.07. The lowest BCUT2D eigenvalue weighted by Gasteiger charge is -2.17. The van der Waals surface area contributed by atoms with Crippen LogP contribution in [0.3, 0.4) is 0 Å². The normalized spacial score (nSPS) is 14.9. The topological polar surface area (TPSA) is 96.2 Å². The first-order chi connectivity index (χ1) is 8.09. The minimum atomic E-state index is -0.417. The van der Waals surface area contributed by atoms with E-state index in [1.165, 1.54) is 6.07 Å². The fraction of sp³-hybridized carbons (Fsp3) is 0.364. The highest BCUT2D eigenvalue weighted by Crippen LogP contribution is 2.31. The third-order valence-corrected chi connectivity index (χ3v) is 2.93. The summed E-state index contributed by atoms with van der Waals surface area (Å²) in [5, 5.41) is 18.3. The van der Waals surface area contributed by atoms with Crippen LogP contribution in [0.4, 0.5) is 11.4 Å². The van der Waals surface area contributed by atoms with Crippen LogP contribution in [0.15, 0.2) is 18.2 Å². The Balaban J connectivity index is 2.44. The summed E-state index contributed by atoms with van der Waals surface area (Å²) in [7, 11) is 0. The molecule has 1 fully saturated rings. The molecule has 1 heterocycles. The Hall–Kier alpha value is -2.11. The van der Waals surface area contributed by atoms with Gasteiger partial charge in [0.1, 0.15) is 11.5 Å². The molecule has 0 aromatic heterocycles. The van der Waals surface area contributed by atoms with E-state index >= 15 is 0 Å². The molecule has 1 aliphatic heterocycles. The summed E-state index contributed by atoms with van der Waals surface area (Å²) in [6, 6.07) is 4.71. The third kappa shape index (κ3) is 2.20. The van der Waals surface area contributed by atoms with Crippen LogP contribution in [0.1, 0.15) is 18.4 Å². The van der Waals surface area contributed by atoms with E-state index in [9.17, 15) is 10.1 Å². The molecule has 0 radical (unpaired) electrons. The maximum Gasteiger partial charge on any atom is 0.293 e. The first-order valence-corrected chi connectivity index (χ1v) is 5.47. The highest BCUT2D eigenvalue weighted by Gasteiger charge is 2.22. The van der Waals surface area contributed by atoms with Gasteiger partial charge in [0.05, 0.1) is 4.92 Å². The van der Waals surface area contributed by atoms with E-state index in [1.807, 2.05) is 4.90 Å². The molecular weight excluding hydrogens is 220 g/mol. The molecule has 0 aliphatic carbocycles. The van der Waals surface area contributed by atoms with Crippen molar-refractivity contribution in [2.75, 3.05) is 18.0 Å². The number of anilines is 1. The molecule has 0 bridgehead atoms. The Labute approximate surface area is 98.7 Å². The zero-order chi connectivity index (χ0) is 12.4. The molecule has 1 aliphatic rings. The summed E-state index contributed by atoms with van der Waals surface area (Å²) in [5.41, 5.74) is 6.37. The number of nitro benzene ring substituents is 1. The number of nitro groups is 1. The summed E-state index contributed by atoms with van der Waals surface area (Å²) in [6.45, 7) is 1.69. The molecule has 1 aromatic carbocycles. The Morgan fingerprint density at radius 1 is 1.41 bits per heavy atom. The van der Waals surface area contributed by atoms with E-state index in [1.54, 1.807) is 12.1 Å². The summed E-state index contributed by atoms with van der Waals surface area (Å²) in [5.74, 6) is -0.152. The van der Waals surface area contributed by atoms with E-state index in [-0.39, 0.29) is 11.5 Å². The van der Waals surface area contributed by atoms with Crippen molar-refractivity contribution in [1.82, 2.24) is 0 Å². The Kier molecular flexibility index (Phi) is 2.95. The predicted octanol–water partition coefficient (Wildman–Crippen LogP) is 1.48. The van der Waals surface area contributed by atoms with Crippen LogP contribution in [0, 0.1) is 15.5 Å². The van der Waals surface area contributed by atoms with Crippen molar-refractivity contribution in [3.63, 3.8) is 0 Å². The van der Waals surface area contributed by atoms with Crippen LogP contribution in [0.25, 0.3) is 0 Å². The molecule has 90 valence electrons. The Morgan fingerprint density at radius 2 is 2.06 bits per heavy atom. The number of hydrogen-bond acceptors (Lipinski definition) is 4. The molecule has 1 saturated heterocycles. The monoisotopic (exact) mass is 234 g/mol. The van der Waals surface area contributed by atoms with Gasteiger partial charge in [-0.05, 0) is 25.0 Å². The number of benzene rings is 1. The summed E-state index contributed by atoms with van der Waals surface area (Å²) in [6.07, 6.45) is 2.12. The van der Waals surface area contributed by atoms with E-state index in [4.69, 9.17) is 11.1 Å². The van der Waals surface area contributed by atoms with Gasteiger partial charge < -0.3 is 10.6 Å². The molecule has 0 unspecified atom stereocenters. The van der Waals surface area contributed by atoms with Gasteiger partial charge in [-0.1, -0.05) is 0 Å². The van der Waals surface area contributed by atoms with E-state index in [2.05, 4.69) is 0 Å². The molecular formula is C11H14N4O2. The largest absolute Gasteiger partial charge is 0.384 e. The van der Waals surface area contributed by atoms with E-state index in [0.717, 1.165) is 25.9 Å². The summed E-state index contributed by atoms with van der Waals surface area (Å²) in [4.78, 5) is 12.6. The Morgan fingerprint density at radius 3 is 2.59 bits per heavy atom. The molecule has 2 rings (SSSR count). The zero-order valence-electron chi connectivity index (χ0n) is 9.35. The van der Waals surface area contributed by atoms with Crippen molar-refractivity contribution in [3.8, 4) is 0 Å². The number of rotatable bonds is 3. The van der Waals surface area contributed by atoms with Crippen LogP contribution >= 0.6 is 0 Å². The lowest BCUT2D eigenvalue weighted by atomic mass is 10.1. The fourth-order valence-electron chi connectivity index (χ4n) is 2.06. The number of nitrogens with one attached hydrogen (secondary N) is 1. The fourth-order valence-corrected chi connectivity index (χ4v) is 2.06. The lowest BCUT2D eigenvalue weighted by molar-refractivity contribution is -0.384. The maximum absolute atomic E-state index is 11.0. The molecule has 0 amide bonds. The summed E-state index contributed by atoms with van der Waals surface area (Å²) >= 11 is 0. The molecule has 3 N–H and O–H groups in total. The lowest BCUT2D eigenvalue weighted by Crippen LogP contribution is -2.19. The number of hydrogen-bond donors (Lipinski definition) is 2. The maximum atomic E-state index is 11.0. The van der Waals surface area contributed by atoms with Crippen LogP contribution in [0.5, 0.6) is 0 Å². The first kappa shape index (κ1) is 11.4. The number of nitrogen functional groups attached to an aromatic ring is 1. The van der Waals surface area contributed by atoms with Gasteiger partial charge in [-0.2, -0.15) is 0 Å². The van der Waals surface area contributed by atoms with Gasteiger partial charge in [0.25, 0.3) is 5.69 Å². The molecule has 17 heavy (non-hydrogen) atoms. The second-order valence-electron chi connectivity index (χ2n) is 4.07. The van der Waals surface area contributed by atoms with Gasteiger partial charge in [-0.3, -0.25) is 15.5 Å².